The van der Waals surface area contributed by atoms with E-state index in [1.165, 1.54) is 0 Å². The number of hydrogen-bond donors (Lipinski definition) is 1. The van der Waals surface area contributed by atoms with Gasteiger partial charge in [-0.2, -0.15) is 0 Å². The second kappa shape index (κ2) is 6.96. The summed E-state index contributed by atoms with van der Waals surface area (Å²) < 4.78 is 29.8. The van der Waals surface area contributed by atoms with E-state index < -0.39 is 33.9 Å². The summed E-state index contributed by atoms with van der Waals surface area (Å²) in [7, 11) is 0. The van der Waals surface area contributed by atoms with Gasteiger partial charge in [-0.25, -0.2) is 0 Å². The second-order valence-corrected chi connectivity index (χ2v) is 11.5. The summed E-state index contributed by atoms with van der Waals surface area (Å²) >= 11 is 0. The minimum Gasteiger partial charge on any atom is -0.377 e. The first-order chi connectivity index (χ1) is 14.8. The van der Waals surface area contributed by atoms with Gasteiger partial charge in [0.25, 0.3) is 0 Å². The van der Waals surface area contributed by atoms with Gasteiger partial charge in [0, 0.05) is 22.7 Å². The summed E-state index contributed by atoms with van der Waals surface area (Å²) in [5.74, 6) is -2.63. The molecule has 0 aromatic carbocycles. The van der Waals surface area contributed by atoms with Crippen molar-refractivity contribution in [1.29, 1.82) is 0 Å². The molecule has 0 unspecified atom stereocenters. The minimum atomic E-state index is -1.72. The van der Waals surface area contributed by atoms with Crippen molar-refractivity contribution in [2.24, 2.45) is 22.7 Å². The van der Waals surface area contributed by atoms with Crippen LogP contribution in [0.4, 0.5) is 0 Å². The van der Waals surface area contributed by atoms with Crippen LogP contribution in [0.15, 0.2) is 24.3 Å². The molecule has 2 aliphatic carbocycles. The molecule has 4 fully saturated rings. The monoisotopic (exact) mass is 448 g/mol. The van der Waals surface area contributed by atoms with Crippen molar-refractivity contribution in [1.82, 2.24) is 0 Å². The first-order valence-electron chi connectivity index (χ1n) is 11.7. The third-order valence-electron chi connectivity index (χ3n) is 8.31. The van der Waals surface area contributed by atoms with E-state index >= 15 is 0 Å². The molecule has 0 radical (unpaired) electrons. The van der Waals surface area contributed by atoms with Crippen molar-refractivity contribution in [3.05, 3.63) is 24.3 Å². The molecule has 1 N–H and O–H groups in total. The van der Waals surface area contributed by atoms with E-state index in [0.717, 1.165) is 0 Å². The third-order valence-corrected chi connectivity index (χ3v) is 8.31. The van der Waals surface area contributed by atoms with E-state index in [1.54, 1.807) is 19.1 Å². The molecule has 0 aromatic rings. The number of carbonyl (C=O) groups is 1. The molecule has 1 saturated carbocycles. The zero-order valence-electron chi connectivity index (χ0n) is 19.9. The largest absolute Gasteiger partial charge is 0.377 e. The van der Waals surface area contributed by atoms with Gasteiger partial charge in [0.15, 0.2) is 17.4 Å². The molecular weight excluding hydrogens is 412 g/mol. The van der Waals surface area contributed by atoms with E-state index in [2.05, 4.69) is 19.1 Å². The number of hydrogen-bond acceptors (Lipinski definition) is 7. The fourth-order valence-electron chi connectivity index (χ4n) is 6.17. The van der Waals surface area contributed by atoms with E-state index in [9.17, 15) is 9.90 Å². The van der Waals surface area contributed by atoms with Crippen molar-refractivity contribution >= 4 is 5.78 Å². The number of epoxide rings is 1. The predicted octanol–water partition coefficient (Wildman–Crippen LogP) is 2.76. The number of ketones is 1. The highest BCUT2D eigenvalue weighted by Crippen LogP contribution is 2.60. The Bertz CT molecular complexity index is 854. The van der Waals surface area contributed by atoms with Crippen LogP contribution in [0.1, 0.15) is 48.0 Å². The normalized spacial score (nSPS) is 49.5. The van der Waals surface area contributed by atoms with Gasteiger partial charge >= 0.3 is 0 Å². The van der Waals surface area contributed by atoms with E-state index in [-0.39, 0.29) is 30.0 Å². The Hall–Kier alpha value is -1.09. The van der Waals surface area contributed by atoms with Crippen LogP contribution in [0.5, 0.6) is 0 Å². The lowest BCUT2D eigenvalue weighted by atomic mass is 9.53. The average molecular weight is 449 g/mol. The Labute approximate surface area is 190 Å². The lowest BCUT2D eigenvalue weighted by Gasteiger charge is -2.53. The molecule has 5 rings (SSSR count). The highest BCUT2D eigenvalue weighted by molar-refractivity contribution is 5.94. The summed E-state index contributed by atoms with van der Waals surface area (Å²) in [5.41, 5.74) is -3.00. The number of aliphatic hydroxyl groups is 1. The summed E-state index contributed by atoms with van der Waals surface area (Å²) in [6.07, 6.45) is 7.65. The Kier molecular flexibility index (Phi) is 4.94. The van der Waals surface area contributed by atoms with Gasteiger partial charge in [0.05, 0.1) is 32.0 Å². The Morgan fingerprint density at radius 2 is 1.69 bits per heavy atom. The Balaban J connectivity index is 1.57. The van der Waals surface area contributed by atoms with Crippen molar-refractivity contribution in [3.63, 3.8) is 0 Å². The summed E-state index contributed by atoms with van der Waals surface area (Å²) in [6, 6.07) is 0. The number of ether oxygens (including phenoxy) is 5. The highest BCUT2D eigenvalue weighted by atomic mass is 16.7. The van der Waals surface area contributed by atoms with Gasteiger partial charge in [-0.3, -0.25) is 4.79 Å². The van der Waals surface area contributed by atoms with Crippen LogP contribution >= 0.6 is 0 Å². The van der Waals surface area contributed by atoms with Gasteiger partial charge in [-0.05, 0) is 39.3 Å². The van der Waals surface area contributed by atoms with Gasteiger partial charge in [-0.1, -0.05) is 32.9 Å². The van der Waals surface area contributed by atoms with Crippen LogP contribution in [-0.2, 0) is 28.5 Å². The van der Waals surface area contributed by atoms with Crippen LogP contribution in [0.25, 0.3) is 0 Å². The Morgan fingerprint density at radius 1 is 1.00 bits per heavy atom. The first kappa shape index (κ1) is 22.7. The molecule has 7 atom stereocenters. The number of fused-ring (bicyclic) bond motifs is 6. The lowest BCUT2D eigenvalue weighted by Crippen LogP contribution is -2.64. The highest BCUT2D eigenvalue weighted by Gasteiger charge is 2.71. The molecule has 32 heavy (non-hydrogen) atoms. The SMILES string of the molecule is CC1(C)OC[C@@H]2[C@@H](O1)[C@H]1O[C@H]1[C@@]1(C)/C=C\CC(C)(C)[C@@](O)(/C=C/C3(C)OCCO3)C(=O)[C@@H]21. The maximum Gasteiger partial charge on any atom is 0.185 e. The van der Waals surface area contributed by atoms with Crippen LogP contribution in [-0.4, -0.2) is 66.2 Å². The van der Waals surface area contributed by atoms with E-state index in [1.807, 2.05) is 27.7 Å². The average Bonchev–Trinajstić information content (AvgIpc) is 3.41. The van der Waals surface area contributed by atoms with Crippen LogP contribution in [0.2, 0.25) is 0 Å². The van der Waals surface area contributed by atoms with Gasteiger partial charge in [0.1, 0.15) is 11.7 Å². The standard InChI is InChI=1S/C25H36O7/c1-21(2)8-7-9-23(5)16(15-14-30-22(3,4)32-17(15)18-20(23)31-18)19(26)25(21,27)11-10-24(6)28-12-13-29-24/h7,9-11,15-18,20,27H,8,12-14H2,1-6H3/b9-7-,11-10+/t15-,16+,17+,18+,20+,23-,25+/m0/s1. The van der Waals surface area contributed by atoms with Crippen molar-refractivity contribution in [2.45, 2.75) is 83.5 Å². The van der Waals surface area contributed by atoms with Crippen molar-refractivity contribution in [2.75, 3.05) is 19.8 Å². The fourth-order valence-corrected chi connectivity index (χ4v) is 6.17. The van der Waals surface area contributed by atoms with Gasteiger partial charge in [-0.15, -0.1) is 0 Å². The predicted molar refractivity (Wildman–Crippen MR) is 116 cm³/mol. The molecule has 0 bridgehead atoms. The van der Waals surface area contributed by atoms with E-state index in [4.69, 9.17) is 23.7 Å². The van der Waals surface area contributed by atoms with Gasteiger partial charge in [0.2, 0.25) is 0 Å². The Morgan fingerprint density at radius 3 is 2.38 bits per heavy atom. The van der Waals surface area contributed by atoms with Crippen molar-refractivity contribution in [3.8, 4) is 0 Å². The number of carbonyl (C=O) groups excluding carboxylic acids is 1. The molecule has 3 saturated heterocycles. The molecule has 0 amide bonds. The molecule has 3 aliphatic heterocycles. The summed E-state index contributed by atoms with van der Waals surface area (Å²) in [4.78, 5) is 14.4. The molecule has 3 heterocycles. The number of allylic oxidation sites excluding steroid dienone is 1. The van der Waals surface area contributed by atoms with E-state index in [0.29, 0.717) is 26.2 Å². The molecule has 7 heteroatoms. The molecule has 5 aliphatic rings. The smallest absolute Gasteiger partial charge is 0.185 e. The third kappa shape index (κ3) is 3.28. The quantitative estimate of drug-likeness (QED) is 0.513. The van der Waals surface area contributed by atoms with Crippen LogP contribution < -0.4 is 0 Å². The van der Waals surface area contributed by atoms with Crippen LogP contribution in [0.3, 0.4) is 0 Å². The molecule has 0 spiro atoms. The lowest BCUT2D eigenvalue weighted by molar-refractivity contribution is -0.307. The number of Topliss-reactive ketones (excluding diaryl/α,β-unsaturated/α-hetero) is 1. The maximum atomic E-state index is 14.4. The fraction of sp³-hybridized carbons (Fsp3) is 0.800. The summed E-state index contributed by atoms with van der Waals surface area (Å²) in [5, 5.41) is 12.1. The first-order valence-corrected chi connectivity index (χ1v) is 11.7. The summed E-state index contributed by atoms with van der Waals surface area (Å²) in [6.45, 7) is 12.8. The molecule has 7 nitrogen and oxygen atoms in total. The van der Waals surface area contributed by atoms with Gasteiger partial charge < -0.3 is 28.8 Å². The maximum absolute atomic E-state index is 14.4. The topological polar surface area (TPSA) is 86.8 Å². The second-order valence-electron chi connectivity index (χ2n) is 11.5. The van der Waals surface area contributed by atoms with Crippen LogP contribution in [0, 0.1) is 22.7 Å². The zero-order chi connectivity index (χ0) is 23.2. The number of rotatable bonds is 2. The minimum absolute atomic E-state index is 0.0582. The molecular formula is C25H36O7. The zero-order valence-corrected chi connectivity index (χ0v) is 19.9. The van der Waals surface area contributed by atoms with Crippen molar-refractivity contribution < 1.29 is 33.6 Å². The molecule has 178 valence electrons. The molecule has 0 aromatic heterocycles.